The van der Waals surface area contributed by atoms with E-state index in [2.05, 4.69) is 10.6 Å². The number of ether oxygens (including phenoxy) is 2. The number of hydrogen-bond donors (Lipinski definition) is 2. The summed E-state index contributed by atoms with van der Waals surface area (Å²) in [5, 5.41) is 5.42. The number of anilines is 2. The number of carbonyl (C=O) groups excluding carboxylic acids is 3. The number of amides is 2. The lowest BCUT2D eigenvalue weighted by molar-refractivity contribution is -0.123. The molecule has 0 radical (unpaired) electrons. The van der Waals surface area contributed by atoms with Gasteiger partial charge >= 0.3 is 5.97 Å². The molecule has 1 aromatic heterocycles. The average molecular weight is 485 g/mol. The van der Waals surface area contributed by atoms with Gasteiger partial charge in [0.1, 0.15) is 11.5 Å². The Morgan fingerprint density at radius 2 is 1.56 bits per heavy atom. The third-order valence-corrected chi connectivity index (χ3v) is 5.22. The Balaban J connectivity index is 1.34. The van der Waals surface area contributed by atoms with Crippen molar-refractivity contribution in [3.8, 4) is 11.5 Å². The molecule has 8 nitrogen and oxygen atoms in total. The Kier molecular flexibility index (Phi) is 7.45. The molecule has 36 heavy (non-hydrogen) atoms. The van der Waals surface area contributed by atoms with Crippen LogP contribution in [-0.2, 0) is 9.53 Å². The molecule has 4 aromatic rings. The molecule has 2 amide bonds. The highest BCUT2D eigenvalue weighted by atomic mass is 16.5. The maximum Gasteiger partial charge on any atom is 0.338 e. The van der Waals surface area contributed by atoms with Gasteiger partial charge in [-0.25, -0.2) is 4.79 Å². The van der Waals surface area contributed by atoms with Gasteiger partial charge in [-0.05, 0) is 80.1 Å². The van der Waals surface area contributed by atoms with Crippen LogP contribution in [0, 0.1) is 6.92 Å². The van der Waals surface area contributed by atoms with Gasteiger partial charge in [0.05, 0.1) is 11.8 Å². The predicted octanol–water partition coefficient (Wildman–Crippen LogP) is 5.82. The quantitative estimate of drug-likeness (QED) is 0.305. The Hall–Kier alpha value is -4.85. The monoisotopic (exact) mass is 484 g/mol. The van der Waals surface area contributed by atoms with Crippen LogP contribution in [0.3, 0.4) is 0 Å². The van der Waals surface area contributed by atoms with Crippen LogP contribution in [0.4, 0.5) is 11.4 Å². The first-order valence-corrected chi connectivity index (χ1v) is 11.2. The van der Waals surface area contributed by atoms with Crippen LogP contribution in [0.2, 0.25) is 0 Å². The zero-order valence-electron chi connectivity index (χ0n) is 19.7. The summed E-state index contributed by atoms with van der Waals surface area (Å²) in [7, 11) is 0. The lowest BCUT2D eigenvalue weighted by atomic mass is 10.1. The van der Waals surface area contributed by atoms with E-state index in [9.17, 15) is 14.4 Å². The number of esters is 1. The van der Waals surface area contributed by atoms with Gasteiger partial charge in [-0.2, -0.15) is 0 Å². The number of rotatable bonds is 8. The second-order valence-corrected chi connectivity index (χ2v) is 7.94. The van der Waals surface area contributed by atoms with Crippen molar-refractivity contribution in [2.24, 2.45) is 0 Å². The smallest absolute Gasteiger partial charge is 0.338 e. The zero-order chi connectivity index (χ0) is 25.5. The maximum atomic E-state index is 12.7. The van der Waals surface area contributed by atoms with Crippen LogP contribution in [0.25, 0.3) is 0 Å². The average Bonchev–Trinajstić information content (AvgIpc) is 3.42. The number of benzene rings is 3. The number of aryl methyl sites for hydroxylation is 1. The molecule has 0 bridgehead atoms. The van der Waals surface area contributed by atoms with E-state index < -0.39 is 23.9 Å². The van der Waals surface area contributed by atoms with E-state index in [-0.39, 0.29) is 11.3 Å². The number of para-hydroxylation sites is 1. The van der Waals surface area contributed by atoms with Crippen LogP contribution in [0.5, 0.6) is 11.5 Å². The van der Waals surface area contributed by atoms with E-state index in [0.717, 1.165) is 5.56 Å². The number of hydrogen-bond acceptors (Lipinski definition) is 6. The van der Waals surface area contributed by atoms with Gasteiger partial charge in [0.15, 0.2) is 11.9 Å². The highest BCUT2D eigenvalue weighted by Crippen LogP contribution is 2.23. The molecule has 2 N–H and O–H groups in total. The van der Waals surface area contributed by atoms with Gasteiger partial charge in [0.2, 0.25) is 0 Å². The van der Waals surface area contributed by atoms with E-state index in [4.69, 9.17) is 13.9 Å². The van der Waals surface area contributed by atoms with Crippen molar-refractivity contribution >= 4 is 29.2 Å². The Bertz CT molecular complexity index is 1350. The summed E-state index contributed by atoms with van der Waals surface area (Å²) in [6, 6.07) is 24.1. The lowest BCUT2D eigenvalue weighted by Gasteiger charge is -2.15. The molecule has 182 valence electrons. The SMILES string of the molecule is Cc1ccc(C(=O)O[C@H](C)C(=O)Nc2ccc(Oc3ccccc3)cc2)cc1NC(=O)c1ccco1. The molecule has 0 saturated carbocycles. The third-order valence-electron chi connectivity index (χ3n) is 5.22. The summed E-state index contributed by atoms with van der Waals surface area (Å²) in [6.45, 7) is 3.27. The van der Waals surface area contributed by atoms with Gasteiger partial charge in [-0.3, -0.25) is 9.59 Å². The van der Waals surface area contributed by atoms with Gasteiger partial charge in [0, 0.05) is 11.4 Å². The van der Waals surface area contributed by atoms with Gasteiger partial charge < -0.3 is 24.5 Å². The molecule has 0 saturated heterocycles. The van der Waals surface area contributed by atoms with Gasteiger partial charge in [-0.15, -0.1) is 0 Å². The fraction of sp³-hybridized carbons (Fsp3) is 0.107. The highest BCUT2D eigenvalue weighted by molar-refractivity contribution is 6.03. The molecule has 0 aliphatic rings. The first-order chi connectivity index (χ1) is 17.4. The second-order valence-electron chi connectivity index (χ2n) is 7.94. The van der Waals surface area contributed by atoms with Crippen LogP contribution in [0.1, 0.15) is 33.4 Å². The Morgan fingerprint density at radius 3 is 2.25 bits per heavy atom. The van der Waals surface area contributed by atoms with E-state index in [0.29, 0.717) is 22.9 Å². The van der Waals surface area contributed by atoms with E-state index in [1.165, 1.54) is 25.3 Å². The van der Waals surface area contributed by atoms with Crippen molar-refractivity contribution < 1.29 is 28.3 Å². The summed E-state index contributed by atoms with van der Waals surface area (Å²) >= 11 is 0. The zero-order valence-corrected chi connectivity index (χ0v) is 19.7. The first kappa shape index (κ1) is 24.3. The molecule has 0 fully saturated rings. The molecule has 1 atom stereocenters. The van der Waals surface area contributed by atoms with Crippen molar-refractivity contribution in [1.82, 2.24) is 0 Å². The van der Waals surface area contributed by atoms with Crippen molar-refractivity contribution in [3.63, 3.8) is 0 Å². The maximum absolute atomic E-state index is 12.7. The van der Waals surface area contributed by atoms with E-state index in [1.54, 1.807) is 49.4 Å². The molecule has 3 aromatic carbocycles. The number of nitrogens with one attached hydrogen (secondary N) is 2. The van der Waals surface area contributed by atoms with Crippen molar-refractivity contribution in [1.29, 1.82) is 0 Å². The molecule has 4 rings (SSSR count). The minimum absolute atomic E-state index is 0.146. The predicted molar refractivity (Wildman–Crippen MR) is 134 cm³/mol. The van der Waals surface area contributed by atoms with Crippen molar-refractivity contribution in [2.75, 3.05) is 10.6 Å². The lowest BCUT2D eigenvalue weighted by Crippen LogP contribution is -2.30. The van der Waals surface area contributed by atoms with Crippen LogP contribution in [0.15, 0.2) is 95.6 Å². The summed E-state index contributed by atoms with van der Waals surface area (Å²) in [5.41, 5.74) is 1.90. The first-order valence-electron chi connectivity index (χ1n) is 11.2. The molecule has 1 heterocycles. The number of furan rings is 1. The fourth-order valence-corrected chi connectivity index (χ4v) is 3.23. The summed E-state index contributed by atoms with van der Waals surface area (Å²) in [5.74, 6) is -0.159. The fourth-order valence-electron chi connectivity index (χ4n) is 3.23. The Morgan fingerprint density at radius 1 is 0.833 bits per heavy atom. The molecular weight excluding hydrogens is 460 g/mol. The molecule has 0 aliphatic carbocycles. The normalized spacial score (nSPS) is 11.3. The standard InChI is InChI=1S/C28H24N2O6/c1-18-10-11-20(17-24(18)30-27(32)25-9-6-16-34-25)28(33)35-19(2)26(31)29-21-12-14-23(15-13-21)36-22-7-4-3-5-8-22/h3-17,19H,1-2H3,(H,29,31)(H,30,32)/t19-/m1/s1. The van der Waals surface area contributed by atoms with Gasteiger partial charge in [0.25, 0.3) is 11.8 Å². The third kappa shape index (κ3) is 6.18. The summed E-state index contributed by atoms with van der Waals surface area (Å²) < 4.78 is 16.2. The molecule has 8 heteroatoms. The molecule has 0 aliphatic heterocycles. The van der Waals surface area contributed by atoms with E-state index in [1.807, 2.05) is 30.3 Å². The van der Waals surface area contributed by atoms with E-state index >= 15 is 0 Å². The minimum Gasteiger partial charge on any atom is -0.459 e. The summed E-state index contributed by atoms with van der Waals surface area (Å²) in [6.07, 6.45) is 0.342. The largest absolute Gasteiger partial charge is 0.459 e. The molecule has 0 spiro atoms. The number of carbonyl (C=O) groups is 3. The van der Waals surface area contributed by atoms with Gasteiger partial charge in [-0.1, -0.05) is 24.3 Å². The van der Waals surface area contributed by atoms with Crippen LogP contribution in [-0.4, -0.2) is 23.9 Å². The molecular formula is C28H24N2O6. The van der Waals surface area contributed by atoms with Crippen molar-refractivity contribution in [2.45, 2.75) is 20.0 Å². The molecule has 0 unspecified atom stereocenters. The topological polar surface area (TPSA) is 107 Å². The van der Waals surface area contributed by atoms with Crippen LogP contribution >= 0.6 is 0 Å². The summed E-state index contributed by atoms with van der Waals surface area (Å²) in [4.78, 5) is 37.5. The minimum atomic E-state index is -1.06. The Labute approximate surface area is 207 Å². The van der Waals surface area contributed by atoms with Crippen molar-refractivity contribution in [3.05, 3.63) is 108 Å². The highest BCUT2D eigenvalue weighted by Gasteiger charge is 2.20. The van der Waals surface area contributed by atoms with Crippen LogP contribution < -0.4 is 15.4 Å². The second kappa shape index (κ2) is 11.1.